The molecule has 0 fully saturated rings. The van der Waals surface area contributed by atoms with Gasteiger partial charge in [0.2, 0.25) is 5.91 Å². The van der Waals surface area contributed by atoms with E-state index in [0.29, 0.717) is 18.2 Å². The molecule has 0 aliphatic carbocycles. The van der Waals surface area contributed by atoms with Crippen LogP contribution in [0.25, 0.3) is 0 Å². The third kappa shape index (κ3) is 5.03. The fraction of sp³-hybridized carbons (Fsp3) is 0.389. The van der Waals surface area contributed by atoms with Gasteiger partial charge in [-0.25, -0.2) is 9.78 Å². The summed E-state index contributed by atoms with van der Waals surface area (Å²) in [6.45, 7) is 6.19. The van der Waals surface area contributed by atoms with E-state index in [0.717, 1.165) is 5.56 Å². The Bertz CT molecular complexity index is 718. The highest BCUT2D eigenvalue weighted by atomic mass is 35.5. The summed E-state index contributed by atoms with van der Waals surface area (Å²) in [6.07, 6.45) is 0. The Hall–Kier alpha value is -1.92. The van der Waals surface area contributed by atoms with E-state index in [2.05, 4.69) is 4.98 Å². The van der Waals surface area contributed by atoms with E-state index in [1.165, 1.54) is 11.3 Å². The Morgan fingerprint density at radius 1 is 1.28 bits per heavy atom. The van der Waals surface area contributed by atoms with E-state index in [4.69, 9.17) is 16.3 Å². The zero-order valence-corrected chi connectivity index (χ0v) is 16.0. The van der Waals surface area contributed by atoms with Gasteiger partial charge in [-0.2, -0.15) is 0 Å². The van der Waals surface area contributed by atoms with Crippen LogP contribution in [0.1, 0.15) is 47.2 Å². The molecule has 2 aromatic rings. The fourth-order valence-corrected chi connectivity index (χ4v) is 3.29. The number of aromatic nitrogens is 1. The number of rotatable bonds is 7. The summed E-state index contributed by atoms with van der Waals surface area (Å²) in [7, 11) is 0. The smallest absolute Gasteiger partial charge is 0.357 e. The molecule has 1 heterocycles. The van der Waals surface area contributed by atoms with E-state index >= 15 is 0 Å². The summed E-state index contributed by atoms with van der Waals surface area (Å²) in [4.78, 5) is 30.5. The maximum Gasteiger partial charge on any atom is 0.357 e. The van der Waals surface area contributed by atoms with E-state index in [-0.39, 0.29) is 17.6 Å². The Morgan fingerprint density at radius 2 is 1.96 bits per heavy atom. The number of carbonyl (C=O) groups is 2. The van der Waals surface area contributed by atoms with Crippen molar-refractivity contribution >= 4 is 34.8 Å². The average molecular weight is 381 g/mol. The standard InChI is InChI=1S/C18H21ClN2O3S/c1-4-24-18(23)14-11-25-15(20-14)10-21(12(2)3)17(22)16(19)13-8-6-5-7-9-13/h5-9,11-12,16H,4,10H2,1-3H3. The summed E-state index contributed by atoms with van der Waals surface area (Å²) in [5.41, 5.74) is 1.02. The van der Waals surface area contributed by atoms with Crippen molar-refractivity contribution in [1.82, 2.24) is 9.88 Å². The maximum absolute atomic E-state index is 12.8. The summed E-state index contributed by atoms with van der Waals surface area (Å²) in [5.74, 6) is -0.636. The molecule has 0 radical (unpaired) electrons. The number of ether oxygens (including phenoxy) is 1. The quantitative estimate of drug-likeness (QED) is 0.537. The number of hydrogen-bond donors (Lipinski definition) is 0. The molecular formula is C18H21ClN2O3S. The number of halogens is 1. The van der Waals surface area contributed by atoms with Crippen LogP contribution >= 0.6 is 22.9 Å². The predicted molar refractivity (Wildman–Crippen MR) is 98.8 cm³/mol. The van der Waals surface area contributed by atoms with Gasteiger partial charge in [0.1, 0.15) is 10.4 Å². The molecule has 0 aliphatic heterocycles. The minimum Gasteiger partial charge on any atom is -0.461 e. The highest BCUT2D eigenvalue weighted by molar-refractivity contribution is 7.09. The average Bonchev–Trinajstić information content (AvgIpc) is 3.08. The van der Waals surface area contributed by atoms with Crippen LogP contribution in [0.5, 0.6) is 0 Å². The Morgan fingerprint density at radius 3 is 2.56 bits per heavy atom. The molecule has 25 heavy (non-hydrogen) atoms. The lowest BCUT2D eigenvalue weighted by Crippen LogP contribution is -2.38. The number of esters is 1. The van der Waals surface area contributed by atoms with Crippen LogP contribution in [0.2, 0.25) is 0 Å². The zero-order valence-electron chi connectivity index (χ0n) is 14.4. The molecule has 0 spiro atoms. The first-order valence-corrected chi connectivity index (χ1v) is 9.36. The number of thiazole rings is 1. The summed E-state index contributed by atoms with van der Waals surface area (Å²) < 4.78 is 4.94. The summed E-state index contributed by atoms with van der Waals surface area (Å²) >= 11 is 7.70. The van der Waals surface area contributed by atoms with Gasteiger partial charge in [0.25, 0.3) is 0 Å². The van der Waals surface area contributed by atoms with Crippen LogP contribution in [0, 0.1) is 0 Å². The van der Waals surface area contributed by atoms with Gasteiger partial charge in [0, 0.05) is 11.4 Å². The predicted octanol–water partition coefficient (Wildman–Crippen LogP) is 4.04. The highest BCUT2D eigenvalue weighted by Gasteiger charge is 2.27. The molecule has 0 saturated heterocycles. The summed E-state index contributed by atoms with van der Waals surface area (Å²) in [5, 5.41) is 1.56. The molecule has 1 unspecified atom stereocenters. The molecule has 1 atom stereocenters. The molecule has 134 valence electrons. The van der Waals surface area contributed by atoms with Crippen molar-refractivity contribution < 1.29 is 14.3 Å². The SMILES string of the molecule is CCOC(=O)c1csc(CN(C(=O)C(Cl)c2ccccc2)C(C)C)n1. The van der Waals surface area contributed by atoms with Gasteiger partial charge in [-0.3, -0.25) is 4.79 Å². The second-order valence-corrected chi connectivity index (χ2v) is 7.06. The minimum absolute atomic E-state index is 0.0487. The minimum atomic E-state index is -0.756. The molecule has 1 aromatic carbocycles. The van der Waals surface area contributed by atoms with Gasteiger partial charge in [-0.1, -0.05) is 30.3 Å². The zero-order chi connectivity index (χ0) is 18.4. The van der Waals surface area contributed by atoms with Crippen LogP contribution in [0.3, 0.4) is 0 Å². The van der Waals surface area contributed by atoms with Crippen LogP contribution in [0.4, 0.5) is 0 Å². The van der Waals surface area contributed by atoms with Crippen molar-refractivity contribution in [2.75, 3.05) is 6.61 Å². The molecule has 1 amide bonds. The number of alkyl halides is 1. The third-order valence-corrected chi connectivity index (χ3v) is 4.83. The van der Waals surface area contributed by atoms with Crippen molar-refractivity contribution in [1.29, 1.82) is 0 Å². The molecule has 0 bridgehead atoms. The first kappa shape index (κ1) is 19.4. The second-order valence-electron chi connectivity index (χ2n) is 5.68. The van der Waals surface area contributed by atoms with Gasteiger partial charge in [0.05, 0.1) is 13.2 Å². The van der Waals surface area contributed by atoms with Crippen molar-refractivity contribution in [2.24, 2.45) is 0 Å². The number of hydrogen-bond acceptors (Lipinski definition) is 5. The van der Waals surface area contributed by atoms with E-state index in [9.17, 15) is 9.59 Å². The number of amides is 1. The lowest BCUT2D eigenvalue weighted by atomic mass is 10.1. The second kappa shape index (κ2) is 8.97. The Balaban J connectivity index is 2.13. The number of carbonyl (C=O) groups excluding carboxylic acids is 2. The van der Waals surface area contributed by atoms with Crippen molar-refractivity contribution in [2.45, 2.75) is 38.7 Å². The van der Waals surface area contributed by atoms with Gasteiger partial charge in [-0.15, -0.1) is 22.9 Å². The van der Waals surface area contributed by atoms with E-state index in [1.807, 2.05) is 44.2 Å². The lowest BCUT2D eigenvalue weighted by molar-refractivity contribution is -0.133. The molecule has 0 saturated carbocycles. The van der Waals surface area contributed by atoms with Crippen LogP contribution < -0.4 is 0 Å². The maximum atomic E-state index is 12.8. The largest absolute Gasteiger partial charge is 0.461 e. The Labute approximate surface area is 156 Å². The van der Waals surface area contributed by atoms with Crippen LogP contribution in [-0.4, -0.2) is 34.4 Å². The van der Waals surface area contributed by atoms with Crippen LogP contribution in [-0.2, 0) is 16.1 Å². The van der Waals surface area contributed by atoms with Crippen molar-refractivity contribution in [3.05, 3.63) is 52.0 Å². The van der Waals surface area contributed by atoms with E-state index < -0.39 is 11.3 Å². The molecular weight excluding hydrogens is 360 g/mol. The van der Waals surface area contributed by atoms with Gasteiger partial charge >= 0.3 is 5.97 Å². The van der Waals surface area contributed by atoms with Gasteiger partial charge in [-0.05, 0) is 26.3 Å². The molecule has 7 heteroatoms. The fourth-order valence-electron chi connectivity index (χ4n) is 2.25. The molecule has 0 N–H and O–H groups in total. The molecule has 2 rings (SSSR count). The molecule has 1 aromatic heterocycles. The van der Waals surface area contributed by atoms with E-state index in [1.54, 1.807) is 17.2 Å². The van der Waals surface area contributed by atoms with Gasteiger partial charge < -0.3 is 9.64 Å². The van der Waals surface area contributed by atoms with Crippen molar-refractivity contribution in [3.63, 3.8) is 0 Å². The normalized spacial score (nSPS) is 12.0. The summed E-state index contributed by atoms with van der Waals surface area (Å²) in [6, 6.07) is 9.19. The first-order valence-electron chi connectivity index (χ1n) is 8.05. The molecule has 5 nitrogen and oxygen atoms in total. The monoisotopic (exact) mass is 380 g/mol. The number of nitrogens with zero attached hydrogens (tertiary/aromatic N) is 2. The number of benzene rings is 1. The third-order valence-electron chi connectivity index (χ3n) is 3.56. The van der Waals surface area contributed by atoms with Crippen molar-refractivity contribution in [3.8, 4) is 0 Å². The lowest BCUT2D eigenvalue weighted by Gasteiger charge is -2.28. The first-order chi connectivity index (χ1) is 11.9. The highest BCUT2D eigenvalue weighted by Crippen LogP contribution is 2.25. The van der Waals surface area contributed by atoms with Crippen LogP contribution in [0.15, 0.2) is 35.7 Å². The topological polar surface area (TPSA) is 59.5 Å². The molecule has 0 aliphatic rings. The van der Waals surface area contributed by atoms with Gasteiger partial charge in [0.15, 0.2) is 5.69 Å². The Kier molecular flexibility index (Phi) is 6.96.